The zero-order chi connectivity index (χ0) is 12.3. The Balaban J connectivity index is 2.16. The summed E-state index contributed by atoms with van der Waals surface area (Å²) >= 11 is 0. The highest BCUT2D eigenvalue weighted by Gasteiger charge is 2.21. The molecule has 0 amide bonds. The molecule has 1 aliphatic carbocycles. The van der Waals surface area contributed by atoms with Crippen molar-refractivity contribution in [3.05, 3.63) is 34.1 Å². The first-order chi connectivity index (χ1) is 8.16. The molecule has 0 aromatic heterocycles. The van der Waals surface area contributed by atoms with E-state index >= 15 is 0 Å². The van der Waals surface area contributed by atoms with Crippen molar-refractivity contribution >= 4 is 5.69 Å². The molecule has 1 saturated carbocycles. The summed E-state index contributed by atoms with van der Waals surface area (Å²) in [5.41, 5.74) is -0.296. The highest BCUT2D eigenvalue weighted by molar-refractivity contribution is 5.46. The third-order valence-electron chi connectivity index (χ3n) is 2.96. The molecule has 92 valence electrons. The molecule has 1 aromatic rings. The third-order valence-corrected chi connectivity index (χ3v) is 2.96. The number of nitro groups is 1. The SMILES string of the molecule is O=[N+]([O-])c1cc(F)ccc1OC1CCCCC1. The molecule has 0 spiro atoms. The Morgan fingerprint density at radius 1 is 1.29 bits per heavy atom. The van der Waals surface area contributed by atoms with Gasteiger partial charge in [0.2, 0.25) is 0 Å². The van der Waals surface area contributed by atoms with Gasteiger partial charge in [-0.25, -0.2) is 4.39 Å². The second-order valence-corrected chi connectivity index (χ2v) is 4.25. The van der Waals surface area contributed by atoms with Gasteiger partial charge in [-0.3, -0.25) is 10.1 Å². The molecular weight excluding hydrogens is 225 g/mol. The lowest BCUT2D eigenvalue weighted by molar-refractivity contribution is -0.386. The van der Waals surface area contributed by atoms with E-state index < -0.39 is 10.7 Å². The van der Waals surface area contributed by atoms with E-state index in [0.29, 0.717) is 0 Å². The number of hydrogen-bond acceptors (Lipinski definition) is 3. The molecule has 0 N–H and O–H groups in total. The maximum atomic E-state index is 12.9. The van der Waals surface area contributed by atoms with E-state index in [0.717, 1.165) is 31.7 Å². The van der Waals surface area contributed by atoms with Gasteiger partial charge >= 0.3 is 5.69 Å². The molecule has 0 heterocycles. The van der Waals surface area contributed by atoms with Crippen LogP contribution in [0.1, 0.15) is 32.1 Å². The van der Waals surface area contributed by atoms with Gasteiger partial charge in [-0.05, 0) is 37.8 Å². The number of nitrogens with zero attached hydrogens (tertiary/aromatic N) is 1. The Morgan fingerprint density at radius 3 is 2.65 bits per heavy atom. The fourth-order valence-electron chi connectivity index (χ4n) is 2.10. The van der Waals surface area contributed by atoms with Crippen LogP contribution in [0.15, 0.2) is 18.2 Å². The van der Waals surface area contributed by atoms with Gasteiger partial charge in [0, 0.05) is 0 Å². The van der Waals surface area contributed by atoms with Crippen LogP contribution in [0.3, 0.4) is 0 Å². The van der Waals surface area contributed by atoms with Crippen molar-refractivity contribution in [1.29, 1.82) is 0 Å². The lowest BCUT2D eigenvalue weighted by Crippen LogP contribution is -2.20. The lowest BCUT2D eigenvalue weighted by Gasteiger charge is -2.22. The second-order valence-electron chi connectivity index (χ2n) is 4.25. The molecule has 1 aliphatic rings. The number of rotatable bonds is 3. The van der Waals surface area contributed by atoms with Gasteiger partial charge in [0.05, 0.1) is 17.1 Å². The van der Waals surface area contributed by atoms with Gasteiger partial charge < -0.3 is 4.74 Å². The quantitative estimate of drug-likeness (QED) is 0.599. The molecular formula is C12H14FNO3. The summed E-state index contributed by atoms with van der Waals surface area (Å²) in [6, 6.07) is 3.42. The summed E-state index contributed by atoms with van der Waals surface area (Å²) < 4.78 is 18.5. The zero-order valence-corrected chi connectivity index (χ0v) is 9.39. The Kier molecular flexibility index (Phi) is 3.56. The summed E-state index contributed by atoms with van der Waals surface area (Å²) in [4.78, 5) is 10.2. The predicted molar refractivity (Wildman–Crippen MR) is 60.6 cm³/mol. The van der Waals surface area contributed by atoms with E-state index in [-0.39, 0.29) is 17.5 Å². The largest absolute Gasteiger partial charge is 0.484 e. The first kappa shape index (κ1) is 11.8. The van der Waals surface area contributed by atoms with E-state index in [1.807, 2.05) is 0 Å². The third kappa shape index (κ3) is 2.93. The maximum absolute atomic E-state index is 12.9. The van der Waals surface area contributed by atoms with Crippen molar-refractivity contribution in [3.63, 3.8) is 0 Å². The van der Waals surface area contributed by atoms with E-state index in [9.17, 15) is 14.5 Å². The molecule has 0 saturated heterocycles. The Labute approximate surface area is 98.5 Å². The fourth-order valence-corrected chi connectivity index (χ4v) is 2.10. The molecule has 5 heteroatoms. The van der Waals surface area contributed by atoms with Crippen molar-refractivity contribution in [2.45, 2.75) is 38.2 Å². The summed E-state index contributed by atoms with van der Waals surface area (Å²) in [6.07, 6.45) is 5.20. The van der Waals surface area contributed by atoms with Crippen LogP contribution in [0.2, 0.25) is 0 Å². The molecule has 0 bridgehead atoms. The van der Waals surface area contributed by atoms with Gasteiger partial charge in [0.1, 0.15) is 5.82 Å². The van der Waals surface area contributed by atoms with Crippen molar-refractivity contribution < 1.29 is 14.1 Å². The molecule has 1 fully saturated rings. The Bertz CT molecular complexity index is 416. The van der Waals surface area contributed by atoms with Crippen molar-refractivity contribution in [1.82, 2.24) is 0 Å². The number of nitro benzene ring substituents is 1. The highest BCUT2D eigenvalue weighted by atomic mass is 19.1. The summed E-state index contributed by atoms with van der Waals surface area (Å²) in [7, 11) is 0. The highest BCUT2D eigenvalue weighted by Crippen LogP contribution is 2.31. The van der Waals surface area contributed by atoms with Gasteiger partial charge in [-0.1, -0.05) is 6.42 Å². The van der Waals surface area contributed by atoms with Crippen LogP contribution in [0.5, 0.6) is 5.75 Å². The van der Waals surface area contributed by atoms with Crippen molar-refractivity contribution in [2.24, 2.45) is 0 Å². The smallest absolute Gasteiger partial charge is 0.313 e. The van der Waals surface area contributed by atoms with Crippen LogP contribution in [-0.4, -0.2) is 11.0 Å². The number of benzene rings is 1. The minimum atomic E-state index is -0.618. The van der Waals surface area contributed by atoms with E-state index in [4.69, 9.17) is 4.74 Å². The van der Waals surface area contributed by atoms with Gasteiger partial charge in [0.25, 0.3) is 0 Å². The summed E-state index contributed by atoms with van der Waals surface area (Å²) in [6.45, 7) is 0. The molecule has 0 aliphatic heterocycles. The molecule has 0 radical (unpaired) electrons. The molecule has 2 rings (SSSR count). The minimum Gasteiger partial charge on any atom is -0.484 e. The first-order valence-corrected chi connectivity index (χ1v) is 5.77. The predicted octanol–water partition coefficient (Wildman–Crippen LogP) is 3.45. The topological polar surface area (TPSA) is 52.4 Å². The minimum absolute atomic E-state index is 0.0212. The molecule has 0 atom stereocenters. The monoisotopic (exact) mass is 239 g/mol. The molecule has 0 unspecified atom stereocenters. The average Bonchev–Trinajstić information content (AvgIpc) is 2.32. The summed E-state index contributed by atoms with van der Waals surface area (Å²) in [5, 5.41) is 10.8. The lowest BCUT2D eigenvalue weighted by atomic mass is 9.98. The van der Waals surface area contributed by atoms with Crippen LogP contribution in [-0.2, 0) is 0 Å². The number of hydrogen-bond donors (Lipinski definition) is 0. The zero-order valence-electron chi connectivity index (χ0n) is 9.39. The number of halogens is 1. The van der Waals surface area contributed by atoms with Crippen LogP contribution >= 0.6 is 0 Å². The molecule has 4 nitrogen and oxygen atoms in total. The van der Waals surface area contributed by atoms with Crippen LogP contribution < -0.4 is 4.74 Å². The van der Waals surface area contributed by atoms with Crippen molar-refractivity contribution in [3.8, 4) is 5.75 Å². The van der Waals surface area contributed by atoms with Crippen LogP contribution in [0.25, 0.3) is 0 Å². The van der Waals surface area contributed by atoms with E-state index in [2.05, 4.69) is 0 Å². The molecule has 1 aromatic carbocycles. The Hall–Kier alpha value is -1.65. The average molecular weight is 239 g/mol. The summed E-state index contributed by atoms with van der Waals surface area (Å²) in [5.74, 6) is -0.448. The van der Waals surface area contributed by atoms with E-state index in [1.54, 1.807) is 0 Å². The van der Waals surface area contributed by atoms with E-state index in [1.165, 1.54) is 18.6 Å². The fraction of sp³-hybridized carbons (Fsp3) is 0.500. The van der Waals surface area contributed by atoms with Crippen molar-refractivity contribution in [2.75, 3.05) is 0 Å². The molecule has 17 heavy (non-hydrogen) atoms. The standard InChI is InChI=1S/C12H14FNO3/c13-9-6-7-12(11(8-9)14(15)16)17-10-4-2-1-3-5-10/h6-8,10H,1-5H2. The number of ether oxygens (including phenoxy) is 1. The van der Waals surface area contributed by atoms with Crippen LogP contribution in [0, 0.1) is 15.9 Å². The van der Waals surface area contributed by atoms with Crippen LogP contribution in [0.4, 0.5) is 10.1 Å². The van der Waals surface area contributed by atoms with Gasteiger partial charge in [-0.15, -0.1) is 0 Å². The van der Waals surface area contributed by atoms with Gasteiger partial charge in [-0.2, -0.15) is 0 Å². The second kappa shape index (κ2) is 5.12. The Morgan fingerprint density at radius 2 is 2.00 bits per heavy atom. The maximum Gasteiger partial charge on any atom is 0.313 e. The first-order valence-electron chi connectivity index (χ1n) is 5.77. The van der Waals surface area contributed by atoms with Gasteiger partial charge in [0.15, 0.2) is 5.75 Å². The normalized spacial score (nSPS) is 16.8.